The lowest BCUT2D eigenvalue weighted by atomic mass is 9.87. The molecule has 0 atom stereocenters. The number of H-pyrrole nitrogens is 1. The van der Waals surface area contributed by atoms with Crippen molar-refractivity contribution < 1.29 is 0 Å². The van der Waals surface area contributed by atoms with Crippen LogP contribution in [0.5, 0.6) is 0 Å². The van der Waals surface area contributed by atoms with E-state index < -0.39 is 0 Å². The first-order valence-corrected chi connectivity index (χ1v) is 10.4. The Hall–Kier alpha value is -1.94. The van der Waals surface area contributed by atoms with Crippen molar-refractivity contribution in [2.45, 2.75) is 64.7 Å². The molecule has 26 heavy (non-hydrogen) atoms. The summed E-state index contributed by atoms with van der Waals surface area (Å²) >= 11 is 1.72. The van der Waals surface area contributed by atoms with Gasteiger partial charge in [-0.1, -0.05) is 57.9 Å². The number of hydrogen-bond donors (Lipinski definition) is 1. The zero-order valence-corrected chi connectivity index (χ0v) is 16.6. The number of nitrogens with one attached hydrogen (secondary N) is 1. The fourth-order valence-corrected chi connectivity index (χ4v) is 5.04. The molecular formula is C22H26N2OS. The number of aryl methyl sites for hydroxylation is 2. The first-order valence-electron chi connectivity index (χ1n) is 9.59. The Kier molecular flexibility index (Phi) is 4.47. The van der Waals surface area contributed by atoms with E-state index in [9.17, 15) is 4.79 Å². The number of hydrogen-bond acceptors (Lipinski definition) is 3. The van der Waals surface area contributed by atoms with Crippen LogP contribution in [0.1, 0.15) is 62.5 Å². The fraction of sp³-hybridized carbons (Fsp3) is 0.455. The molecular weight excluding hydrogens is 340 g/mol. The largest absolute Gasteiger partial charge is 0.306 e. The van der Waals surface area contributed by atoms with E-state index in [0.29, 0.717) is 5.82 Å². The van der Waals surface area contributed by atoms with Gasteiger partial charge in [-0.25, -0.2) is 4.98 Å². The fourth-order valence-electron chi connectivity index (χ4n) is 3.78. The topological polar surface area (TPSA) is 45.8 Å². The van der Waals surface area contributed by atoms with Gasteiger partial charge >= 0.3 is 0 Å². The SMILES string of the molecule is CC(C)(C)c1ccc(-c2nc3sc4c(c3c(=O)[nH]2)CCCCCC4)cc1. The van der Waals surface area contributed by atoms with E-state index in [2.05, 4.69) is 50.0 Å². The minimum absolute atomic E-state index is 0.0166. The highest BCUT2D eigenvalue weighted by Crippen LogP contribution is 2.33. The Labute approximate surface area is 158 Å². The third kappa shape index (κ3) is 3.23. The Bertz CT molecular complexity index is 990. The van der Waals surface area contributed by atoms with E-state index >= 15 is 0 Å². The van der Waals surface area contributed by atoms with Crippen molar-refractivity contribution in [1.29, 1.82) is 0 Å². The van der Waals surface area contributed by atoms with E-state index in [0.717, 1.165) is 28.6 Å². The summed E-state index contributed by atoms with van der Waals surface area (Å²) in [5.74, 6) is 0.678. The summed E-state index contributed by atoms with van der Waals surface area (Å²) in [6.07, 6.45) is 7.06. The van der Waals surface area contributed by atoms with Gasteiger partial charge in [0.05, 0.1) is 5.39 Å². The molecule has 0 unspecified atom stereocenters. The van der Waals surface area contributed by atoms with Crippen molar-refractivity contribution in [2.75, 3.05) is 0 Å². The van der Waals surface area contributed by atoms with Gasteiger partial charge in [-0.15, -0.1) is 11.3 Å². The second-order valence-corrected chi connectivity index (χ2v) is 9.42. The molecule has 1 aliphatic rings. The van der Waals surface area contributed by atoms with Crippen molar-refractivity contribution >= 4 is 21.6 Å². The molecule has 136 valence electrons. The maximum atomic E-state index is 12.8. The van der Waals surface area contributed by atoms with Gasteiger partial charge in [-0.2, -0.15) is 0 Å². The van der Waals surface area contributed by atoms with Gasteiger partial charge in [0.1, 0.15) is 10.7 Å². The number of aromatic nitrogens is 2. The second kappa shape index (κ2) is 6.66. The number of fused-ring (bicyclic) bond motifs is 3. The Morgan fingerprint density at radius 1 is 1.00 bits per heavy atom. The molecule has 0 radical (unpaired) electrons. The molecule has 2 aromatic heterocycles. The summed E-state index contributed by atoms with van der Waals surface area (Å²) in [5, 5.41) is 0.835. The zero-order chi connectivity index (χ0) is 18.3. The van der Waals surface area contributed by atoms with E-state index in [4.69, 9.17) is 4.98 Å². The van der Waals surface area contributed by atoms with Crippen LogP contribution in [0.3, 0.4) is 0 Å². The minimum Gasteiger partial charge on any atom is -0.306 e. The third-order valence-electron chi connectivity index (χ3n) is 5.35. The molecule has 0 fully saturated rings. The zero-order valence-electron chi connectivity index (χ0n) is 15.8. The van der Waals surface area contributed by atoms with Gasteiger partial charge in [0, 0.05) is 10.4 Å². The van der Waals surface area contributed by atoms with Crippen LogP contribution in [-0.4, -0.2) is 9.97 Å². The Morgan fingerprint density at radius 2 is 1.69 bits per heavy atom. The molecule has 3 aromatic rings. The molecule has 0 aliphatic heterocycles. The maximum absolute atomic E-state index is 12.8. The number of aromatic amines is 1. The summed E-state index contributed by atoms with van der Waals surface area (Å²) < 4.78 is 0. The molecule has 0 amide bonds. The van der Waals surface area contributed by atoms with Crippen LogP contribution in [0, 0.1) is 0 Å². The molecule has 2 heterocycles. The lowest BCUT2D eigenvalue weighted by Crippen LogP contribution is -2.12. The molecule has 3 nitrogen and oxygen atoms in total. The molecule has 0 spiro atoms. The lowest BCUT2D eigenvalue weighted by Gasteiger charge is -2.19. The van der Waals surface area contributed by atoms with Crippen molar-refractivity contribution in [1.82, 2.24) is 9.97 Å². The van der Waals surface area contributed by atoms with Crippen LogP contribution >= 0.6 is 11.3 Å². The molecule has 0 saturated heterocycles. The quantitative estimate of drug-likeness (QED) is 0.608. The van der Waals surface area contributed by atoms with E-state index in [-0.39, 0.29) is 11.0 Å². The predicted molar refractivity (Wildman–Crippen MR) is 110 cm³/mol. The highest BCUT2D eigenvalue weighted by Gasteiger charge is 2.19. The molecule has 1 N–H and O–H groups in total. The average Bonchev–Trinajstić information content (AvgIpc) is 2.91. The molecule has 4 rings (SSSR count). The van der Waals surface area contributed by atoms with Crippen molar-refractivity contribution in [3.63, 3.8) is 0 Å². The van der Waals surface area contributed by atoms with Crippen LogP contribution < -0.4 is 5.56 Å². The van der Waals surface area contributed by atoms with Gasteiger partial charge in [-0.3, -0.25) is 4.79 Å². The summed E-state index contributed by atoms with van der Waals surface area (Å²) in [6, 6.07) is 8.39. The second-order valence-electron chi connectivity index (χ2n) is 8.34. The highest BCUT2D eigenvalue weighted by atomic mass is 32.1. The van der Waals surface area contributed by atoms with Crippen molar-refractivity contribution in [2.24, 2.45) is 0 Å². The summed E-state index contributed by atoms with van der Waals surface area (Å²) in [7, 11) is 0. The Balaban J connectivity index is 1.79. The van der Waals surface area contributed by atoms with Crippen LogP contribution in [0.25, 0.3) is 21.6 Å². The number of benzene rings is 1. The first kappa shape index (κ1) is 17.5. The van der Waals surface area contributed by atoms with Crippen LogP contribution in [-0.2, 0) is 18.3 Å². The van der Waals surface area contributed by atoms with Gasteiger partial charge in [0.15, 0.2) is 0 Å². The molecule has 1 aromatic carbocycles. The van der Waals surface area contributed by atoms with Gasteiger partial charge in [0.2, 0.25) is 0 Å². The molecule has 4 heteroatoms. The summed E-state index contributed by atoms with van der Waals surface area (Å²) in [6.45, 7) is 6.61. The van der Waals surface area contributed by atoms with E-state index in [1.54, 1.807) is 11.3 Å². The number of thiophene rings is 1. The van der Waals surface area contributed by atoms with Crippen LogP contribution in [0.15, 0.2) is 29.1 Å². The highest BCUT2D eigenvalue weighted by molar-refractivity contribution is 7.18. The third-order valence-corrected chi connectivity index (χ3v) is 6.54. The van der Waals surface area contributed by atoms with E-state index in [1.165, 1.54) is 41.7 Å². The van der Waals surface area contributed by atoms with Crippen molar-refractivity contribution in [3.05, 3.63) is 50.6 Å². The number of rotatable bonds is 1. The van der Waals surface area contributed by atoms with Gasteiger partial charge < -0.3 is 4.98 Å². The smallest absolute Gasteiger partial charge is 0.260 e. The summed E-state index contributed by atoms with van der Waals surface area (Å²) in [5.41, 5.74) is 3.64. The molecule has 0 saturated carbocycles. The molecule has 0 bridgehead atoms. The monoisotopic (exact) mass is 366 g/mol. The van der Waals surface area contributed by atoms with E-state index in [1.807, 2.05) is 0 Å². The standard InChI is InChI=1S/C22H26N2OS/c1-22(2,3)15-12-10-14(11-13-15)19-23-20(25)18-16-8-6-4-5-7-9-17(16)26-21(18)24-19/h10-13H,4-9H2,1-3H3,(H,23,24,25). The molecule has 1 aliphatic carbocycles. The predicted octanol–water partition coefficient (Wildman–Crippen LogP) is 5.61. The summed E-state index contributed by atoms with van der Waals surface area (Å²) in [4.78, 5) is 23.0. The lowest BCUT2D eigenvalue weighted by molar-refractivity contribution is 0.590. The Morgan fingerprint density at radius 3 is 2.38 bits per heavy atom. The van der Waals surface area contributed by atoms with Gasteiger partial charge in [-0.05, 0) is 42.2 Å². The number of nitrogens with zero attached hydrogens (tertiary/aromatic N) is 1. The van der Waals surface area contributed by atoms with Crippen LogP contribution in [0.4, 0.5) is 0 Å². The van der Waals surface area contributed by atoms with Crippen LogP contribution in [0.2, 0.25) is 0 Å². The normalized spacial score (nSPS) is 15.5. The first-order chi connectivity index (χ1) is 12.4. The maximum Gasteiger partial charge on any atom is 0.260 e. The van der Waals surface area contributed by atoms with Gasteiger partial charge in [0.25, 0.3) is 5.56 Å². The van der Waals surface area contributed by atoms with Crippen molar-refractivity contribution in [3.8, 4) is 11.4 Å². The average molecular weight is 367 g/mol. The minimum atomic E-state index is 0.0166.